The van der Waals surface area contributed by atoms with Crippen LogP contribution in [-0.4, -0.2) is 14.4 Å². The summed E-state index contributed by atoms with van der Waals surface area (Å²) in [6, 6.07) is 11.4. The second-order valence-corrected chi connectivity index (χ2v) is 6.08. The van der Waals surface area contributed by atoms with Gasteiger partial charge in [-0.2, -0.15) is 0 Å². The third-order valence-electron chi connectivity index (χ3n) is 4.59. The summed E-state index contributed by atoms with van der Waals surface area (Å²) in [7, 11) is 0. The Labute approximate surface area is 128 Å². The SMILES string of the molecule is O=c1cc(-c2ccccc2)nc2[nH]c(C3CCCCC3)cn12. The molecule has 3 aromatic rings. The van der Waals surface area contributed by atoms with E-state index in [9.17, 15) is 4.79 Å². The van der Waals surface area contributed by atoms with Crippen molar-refractivity contribution in [2.24, 2.45) is 0 Å². The van der Waals surface area contributed by atoms with Crippen LogP contribution in [0, 0.1) is 0 Å². The Morgan fingerprint density at radius 3 is 2.64 bits per heavy atom. The van der Waals surface area contributed by atoms with Crippen LogP contribution >= 0.6 is 0 Å². The van der Waals surface area contributed by atoms with Crippen molar-refractivity contribution in [1.82, 2.24) is 14.4 Å². The normalized spacial score (nSPS) is 16.2. The molecule has 0 bridgehead atoms. The van der Waals surface area contributed by atoms with Crippen molar-refractivity contribution in [3.05, 3.63) is 58.6 Å². The van der Waals surface area contributed by atoms with Crippen LogP contribution in [0.2, 0.25) is 0 Å². The van der Waals surface area contributed by atoms with Gasteiger partial charge in [-0.3, -0.25) is 9.20 Å². The number of hydrogen-bond donors (Lipinski definition) is 1. The van der Waals surface area contributed by atoms with Crippen molar-refractivity contribution >= 4 is 5.78 Å². The fraction of sp³-hybridized carbons (Fsp3) is 0.333. The summed E-state index contributed by atoms with van der Waals surface area (Å²) in [5.41, 5.74) is 2.82. The third kappa shape index (κ3) is 2.34. The van der Waals surface area contributed by atoms with Gasteiger partial charge in [0, 0.05) is 29.4 Å². The van der Waals surface area contributed by atoms with Gasteiger partial charge in [0.15, 0.2) is 0 Å². The summed E-state index contributed by atoms with van der Waals surface area (Å²) in [5, 5.41) is 0. The third-order valence-corrected chi connectivity index (χ3v) is 4.59. The molecule has 0 saturated heterocycles. The van der Waals surface area contributed by atoms with Crippen LogP contribution in [0.1, 0.15) is 43.7 Å². The second kappa shape index (κ2) is 5.44. The molecule has 4 rings (SSSR count). The van der Waals surface area contributed by atoms with Crippen molar-refractivity contribution in [3.8, 4) is 11.3 Å². The minimum atomic E-state index is -0.0258. The summed E-state index contributed by atoms with van der Waals surface area (Å²) < 4.78 is 1.64. The lowest BCUT2D eigenvalue weighted by atomic mass is 9.87. The molecule has 22 heavy (non-hydrogen) atoms. The van der Waals surface area contributed by atoms with E-state index in [1.807, 2.05) is 36.5 Å². The molecular weight excluding hydrogens is 274 g/mol. The lowest BCUT2D eigenvalue weighted by molar-refractivity contribution is 0.438. The molecule has 1 aliphatic carbocycles. The van der Waals surface area contributed by atoms with Gasteiger partial charge < -0.3 is 4.98 Å². The minimum absolute atomic E-state index is 0.0258. The maximum atomic E-state index is 12.4. The van der Waals surface area contributed by atoms with Crippen LogP contribution in [0.3, 0.4) is 0 Å². The molecule has 2 aromatic heterocycles. The first-order valence-corrected chi connectivity index (χ1v) is 7.99. The fourth-order valence-electron chi connectivity index (χ4n) is 3.38. The molecule has 0 radical (unpaired) electrons. The van der Waals surface area contributed by atoms with Crippen molar-refractivity contribution in [3.63, 3.8) is 0 Å². The van der Waals surface area contributed by atoms with Crippen molar-refractivity contribution in [2.75, 3.05) is 0 Å². The molecule has 0 aliphatic heterocycles. The molecule has 4 heteroatoms. The molecule has 2 heterocycles. The molecule has 1 N–H and O–H groups in total. The van der Waals surface area contributed by atoms with E-state index < -0.39 is 0 Å². The van der Waals surface area contributed by atoms with Gasteiger partial charge in [0.05, 0.1) is 5.69 Å². The maximum absolute atomic E-state index is 12.4. The highest BCUT2D eigenvalue weighted by Gasteiger charge is 2.18. The average Bonchev–Trinajstić information content (AvgIpc) is 3.01. The van der Waals surface area contributed by atoms with E-state index in [1.54, 1.807) is 10.5 Å². The van der Waals surface area contributed by atoms with E-state index in [1.165, 1.54) is 32.1 Å². The Hall–Kier alpha value is -2.36. The zero-order valence-electron chi connectivity index (χ0n) is 12.5. The number of fused-ring (bicyclic) bond motifs is 1. The summed E-state index contributed by atoms with van der Waals surface area (Å²) in [4.78, 5) is 20.4. The lowest BCUT2D eigenvalue weighted by Gasteiger charge is -2.19. The smallest absolute Gasteiger partial charge is 0.259 e. The standard InChI is InChI=1S/C18H19N3O/c22-17-11-15(13-7-3-1-4-8-13)19-18-20-16(12-21(17)18)14-9-5-2-6-10-14/h1,3-4,7-8,11-12,14H,2,5-6,9-10H2,(H,19,20). The zero-order chi connectivity index (χ0) is 14.9. The fourth-order valence-corrected chi connectivity index (χ4v) is 3.38. The van der Waals surface area contributed by atoms with E-state index in [0.29, 0.717) is 11.7 Å². The molecule has 1 saturated carbocycles. The number of nitrogens with one attached hydrogen (secondary N) is 1. The molecule has 1 aliphatic rings. The molecular formula is C18H19N3O. The highest BCUT2D eigenvalue weighted by Crippen LogP contribution is 2.31. The van der Waals surface area contributed by atoms with E-state index in [0.717, 1.165) is 17.0 Å². The van der Waals surface area contributed by atoms with E-state index in [2.05, 4.69) is 9.97 Å². The summed E-state index contributed by atoms with van der Waals surface area (Å²) in [6.07, 6.45) is 8.22. The summed E-state index contributed by atoms with van der Waals surface area (Å²) >= 11 is 0. The topological polar surface area (TPSA) is 50.2 Å². The second-order valence-electron chi connectivity index (χ2n) is 6.08. The number of aromatic nitrogens is 3. The largest absolute Gasteiger partial charge is 0.327 e. The van der Waals surface area contributed by atoms with Crippen LogP contribution in [-0.2, 0) is 0 Å². The number of aromatic amines is 1. The number of rotatable bonds is 2. The number of hydrogen-bond acceptors (Lipinski definition) is 2. The highest BCUT2D eigenvalue weighted by atomic mass is 16.1. The van der Waals surface area contributed by atoms with E-state index in [-0.39, 0.29) is 5.56 Å². The first kappa shape index (κ1) is 13.3. The van der Waals surface area contributed by atoms with Gasteiger partial charge in [0.1, 0.15) is 0 Å². The van der Waals surface area contributed by atoms with Gasteiger partial charge in [0.25, 0.3) is 5.56 Å². The van der Waals surface area contributed by atoms with Crippen molar-refractivity contribution in [2.45, 2.75) is 38.0 Å². The molecule has 0 atom stereocenters. The molecule has 0 amide bonds. The Bertz CT molecular complexity index is 842. The summed E-state index contributed by atoms with van der Waals surface area (Å²) in [6.45, 7) is 0. The predicted molar refractivity (Wildman–Crippen MR) is 87.1 cm³/mol. The first-order valence-electron chi connectivity index (χ1n) is 7.99. The number of nitrogens with zero attached hydrogens (tertiary/aromatic N) is 2. The van der Waals surface area contributed by atoms with E-state index >= 15 is 0 Å². The van der Waals surface area contributed by atoms with Gasteiger partial charge in [-0.05, 0) is 12.8 Å². The van der Waals surface area contributed by atoms with Gasteiger partial charge in [-0.15, -0.1) is 0 Å². The van der Waals surface area contributed by atoms with Gasteiger partial charge in [0.2, 0.25) is 5.78 Å². The molecule has 1 fully saturated rings. The van der Waals surface area contributed by atoms with Crippen LogP contribution in [0.15, 0.2) is 47.4 Å². The van der Waals surface area contributed by atoms with Crippen LogP contribution in [0.5, 0.6) is 0 Å². The van der Waals surface area contributed by atoms with Crippen LogP contribution in [0.4, 0.5) is 0 Å². The molecule has 4 nitrogen and oxygen atoms in total. The number of H-pyrrole nitrogens is 1. The first-order chi connectivity index (χ1) is 10.8. The lowest BCUT2D eigenvalue weighted by Crippen LogP contribution is -2.12. The van der Waals surface area contributed by atoms with Crippen molar-refractivity contribution in [1.29, 1.82) is 0 Å². The molecule has 1 aromatic carbocycles. The monoisotopic (exact) mass is 293 g/mol. The molecule has 0 unspecified atom stereocenters. The Kier molecular flexibility index (Phi) is 3.29. The number of benzene rings is 1. The highest BCUT2D eigenvalue weighted by molar-refractivity contribution is 5.60. The molecule has 0 spiro atoms. The Morgan fingerprint density at radius 2 is 1.86 bits per heavy atom. The van der Waals surface area contributed by atoms with Crippen molar-refractivity contribution < 1.29 is 0 Å². The Morgan fingerprint density at radius 1 is 1.09 bits per heavy atom. The zero-order valence-corrected chi connectivity index (χ0v) is 12.5. The molecule has 112 valence electrons. The predicted octanol–water partition coefficient (Wildman–Crippen LogP) is 3.74. The number of imidazole rings is 1. The van der Waals surface area contributed by atoms with Gasteiger partial charge in [-0.25, -0.2) is 4.98 Å². The minimum Gasteiger partial charge on any atom is -0.327 e. The summed E-state index contributed by atoms with van der Waals surface area (Å²) in [5.74, 6) is 1.18. The quantitative estimate of drug-likeness (QED) is 0.782. The van der Waals surface area contributed by atoms with Gasteiger partial charge >= 0.3 is 0 Å². The Balaban J connectivity index is 1.79. The van der Waals surface area contributed by atoms with Gasteiger partial charge in [-0.1, -0.05) is 49.6 Å². The maximum Gasteiger partial charge on any atom is 0.259 e. The average molecular weight is 293 g/mol. The van der Waals surface area contributed by atoms with E-state index in [4.69, 9.17) is 0 Å². The van der Waals surface area contributed by atoms with Crippen LogP contribution < -0.4 is 5.56 Å². The van der Waals surface area contributed by atoms with Crippen LogP contribution in [0.25, 0.3) is 17.0 Å².